The number of halogens is 6. The van der Waals surface area contributed by atoms with Gasteiger partial charge in [-0.3, -0.25) is 9.59 Å². The Labute approximate surface area is 173 Å². The van der Waals surface area contributed by atoms with Gasteiger partial charge in [0.25, 0.3) is 0 Å². The smallest absolute Gasteiger partial charge is 0.240 e. The van der Waals surface area contributed by atoms with Crippen molar-refractivity contribution in [2.24, 2.45) is 11.8 Å². The molecule has 0 unspecified atom stereocenters. The van der Waals surface area contributed by atoms with E-state index >= 15 is 0 Å². The molecule has 1 aliphatic heterocycles. The number of carbonyl (C=O) groups excluding carboxylic acids is 2. The Hall–Kier alpha value is -0.160. The number of hydrogen-bond acceptors (Lipinski definition) is 2. The number of nitrogens with zero attached hydrogens (tertiary/aromatic N) is 1. The molecule has 1 saturated heterocycles. The first-order chi connectivity index (χ1) is 11.5. The molecule has 1 saturated carbocycles. The second-order valence-corrected chi connectivity index (χ2v) is 9.70. The van der Waals surface area contributed by atoms with E-state index in [1.165, 1.54) is 0 Å². The highest BCUT2D eigenvalue weighted by Crippen LogP contribution is 2.77. The van der Waals surface area contributed by atoms with E-state index in [0.29, 0.717) is 5.69 Å². The number of carbonyl (C=O) groups is 2. The second-order valence-electron chi connectivity index (χ2n) is 6.43. The number of fused-ring (bicyclic) bond motifs is 5. The first kappa shape index (κ1) is 18.2. The van der Waals surface area contributed by atoms with Crippen LogP contribution in [0.2, 0.25) is 0 Å². The number of amides is 2. The standard InChI is InChI=1S/C16H9Cl6NO2/c1-6-2-4-7(5-3-6)23-12(24)8-9(13(23)25)15(20)11(18)10(17)14(8,19)16(15,21)22/h2-5,8-9H,1H3/t8-,9+,14-,15-/m1/s1. The first-order valence-corrected chi connectivity index (χ1v) is 9.54. The molecule has 2 fully saturated rings. The highest BCUT2D eigenvalue weighted by atomic mass is 35.5. The minimum absolute atomic E-state index is 0.0935. The van der Waals surface area contributed by atoms with Gasteiger partial charge in [-0.1, -0.05) is 64.1 Å². The van der Waals surface area contributed by atoms with Crippen LogP contribution < -0.4 is 4.90 Å². The van der Waals surface area contributed by atoms with Gasteiger partial charge in [0.1, 0.15) is 9.75 Å². The number of allylic oxidation sites excluding steroid dienone is 2. The third kappa shape index (κ3) is 1.78. The summed E-state index contributed by atoms with van der Waals surface area (Å²) >= 11 is 38.6. The van der Waals surface area contributed by atoms with Gasteiger partial charge >= 0.3 is 0 Å². The zero-order valence-electron chi connectivity index (χ0n) is 12.5. The van der Waals surface area contributed by atoms with Crippen molar-refractivity contribution in [2.45, 2.75) is 21.0 Å². The maximum atomic E-state index is 13.1. The molecule has 4 rings (SSSR count). The number of alkyl halides is 4. The summed E-state index contributed by atoms with van der Waals surface area (Å²) in [5.41, 5.74) is 1.40. The molecule has 1 aromatic carbocycles. The molecule has 9 heteroatoms. The van der Waals surface area contributed by atoms with E-state index in [2.05, 4.69) is 0 Å². The van der Waals surface area contributed by atoms with Crippen LogP contribution in [0.15, 0.2) is 34.3 Å². The largest absolute Gasteiger partial charge is 0.274 e. The molecule has 4 atom stereocenters. The zero-order chi connectivity index (χ0) is 18.5. The molecule has 2 amide bonds. The number of benzene rings is 1. The van der Waals surface area contributed by atoms with Gasteiger partial charge in [-0.05, 0) is 19.1 Å². The lowest BCUT2D eigenvalue weighted by Crippen LogP contribution is -2.50. The van der Waals surface area contributed by atoms with Gasteiger partial charge in [0.15, 0.2) is 4.33 Å². The zero-order valence-corrected chi connectivity index (χ0v) is 17.0. The van der Waals surface area contributed by atoms with Crippen molar-refractivity contribution in [1.29, 1.82) is 0 Å². The SMILES string of the molecule is Cc1ccc(N2C(=O)[C@@H]3[C@H](C2=O)[C@@]2(Cl)C(Cl)=C(Cl)[C@@]3(Cl)C2(Cl)Cl)cc1. The molecule has 25 heavy (non-hydrogen) atoms. The van der Waals surface area contributed by atoms with Crippen molar-refractivity contribution in [1.82, 2.24) is 0 Å². The Morgan fingerprint density at radius 3 is 1.64 bits per heavy atom. The van der Waals surface area contributed by atoms with Crippen LogP contribution in [0.25, 0.3) is 0 Å². The summed E-state index contributed by atoms with van der Waals surface area (Å²) in [6.07, 6.45) is 0. The fourth-order valence-electron chi connectivity index (χ4n) is 3.94. The summed E-state index contributed by atoms with van der Waals surface area (Å²) < 4.78 is -1.91. The lowest BCUT2D eigenvalue weighted by Gasteiger charge is -2.34. The Kier molecular flexibility index (Phi) is 3.80. The monoisotopic (exact) mass is 457 g/mol. The van der Waals surface area contributed by atoms with Crippen molar-refractivity contribution in [2.75, 3.05) is 4.90 Å². The Balaban J connectivity index is 1.90. The van der Waals surface area contributed by atoms with E-state index in [-0.39, 0.29) is 10.1 Å². The van der Waals surface area contributed by atoms with Gasteiger partial charge in [0, 0.05) is 0 Å². The molecule has 0 spiro atoms. The van der Waals surface area contributed by atoms with Gasteiger partial charge in [0.2, 0.25) is 11.8 Å². The fraction of sp³-hybridized carbons (Fsp3) is 0.375. The normalized spacial score (nSPS) is 38.8. The predicted octanol–water partition coefficient (Wildman–Crippen LogP) is 4.95. The van der Waals surface area contributed by atoms with Crippen molar-refractivity contribution in [3.63, 3.8) is 0 Å². The number of hydrogen-bond donors (Lipinski definition) is 0. The molecule has 0 N–H and O–H groups in total. The summed E-state index contributed by atoms with van der Waals surface area (Å²) in [5.74, 6) is -3.32. The van der Waals surface area contributed by atoms with E-state index < -0.39 is 37.7 Å². The minimum atomic E-state index is -1.91. The fourth-order valence-corrected chi connectivity index (χ4v) is 6.87. The van der Waals surface area contributed by atoms with Crippen LogP contribution in [0.1, 0.15) is 5.56 Å². The van der Waals surface area contributed by atoms with E-state index in [4.69, 9.17) is 69.6 Å². The van der Waals surface area contributed by atoms with Crippen LogP contribution in [0.3, 0.4) is 0 Å². The molecular formula is C16H9Cl6NO2. The summed E-state index contributed by atoms with van der Waals surface area (Å²) in [4.78, 5) is 23.7. The third-order valence-electron chi connectivity index (χ3n) is 5.20. The summed E-state index contributed by atoms with van der Waals surface area (Å²) in [5, 5.41) is -0.187. The maximum Gasteiger partial charge on any atom is 0.240 e. The molecule has 2 bridgehead atoms. The average molecular weight is 460 g/mol. The Morgan fingerprint density at radius 1 is 0.840 bits per heavy atom. The molecule has 3 aliphatic rings. The Morgan fingerprint density at radius 2 is 1.24 bits per heavy atom. The number of anilines is 1. The van der Waals surface area contributed by atoms with Gasteiger partial charge in [0.05, 0.1) is 27.6 Å². The van der Waals surface area contributed by atoms with Gasteiger partial charge in [-0.25, -0.2) is 4.90 Å². The Bertz CT molecular complexity index is 820. The number of aryl methyl sites for hydroxylation is 1. The quantitative estimate of drug-likeness (QED) is 0.440. The van der Waals surface area contributed by atoms with Crippen LogP contribution in [0.5, 0.6) is 0 Å². The molecule has 0 aromatic heterocycles. The molecule has 0 radical (unpaired) electrons. The highest BCUT2D eigenvalue weighted by Gasteiger charge is 2.87. The molecule has 1 aromatic rings. The number of imide groups is 1. The minimum Gasteiger partial charge on any atom is -0.274 e. The van der Waals surface area contributed by atoms with E-state index in [0.717, 1.165) is 10.5 Å². The first-order valence-electron chi connectivity index (χ1n) is 7.27. The summed E-state index contributed by atoms with van der Waals surface area (Å²) in [6.45, 7) is 1.90. The number of rotatable bonds is 1. The van der Waals surface area contributed by atoms with Crippen LogP contribution in [-0.2, 0) is 9.59 Å². The van der Waals surface area contributed by atoms with Crippen molar-refractivity contribution >= 4 is 87.1 Å². The molecule has 3 nitrogen and oxygen atoms in total. The van der Waals surface area contributed by atoms with E-state index in [9.17, 15) is 9.59 Å². The molecule has 1 heterocycles. The van der Waals surface area contributed by atoms with Crippen molar-refractivity contribution in [3.8, 4) is 0 Å². The predicted molar refractivity (Wildman–Crippen MR) is 101 cm³/mol. The topological polar surface area (TPSA) is 37.4 Å². The average Bonchev–Trinajstić information content (AvgIpc) is 2.94. The van der Waals surface area contributed by atoms with Crippen LogP contribution in [0, 0.1) is 18.8 Å². The van der Waals surface area contributed by atoms with Gasteiger partial charge in [-0.2, -0.15) is 0 Å². The lowest BCUT2D eigenvalue weighted by atomic mass is 9.84. The van der Waals surface area contributed by atoms with Crippen molar-refractivity contribution < 1.29 is 9.59 Å². The molecule has 2 aliphatic carbocycles. The highest BCUT2D eigenvalue weighted by molar-refractivity contribution is 6.67. The maximum absolute atomic E-state index is 13.1. The van der Waals surface area contributed by atoms with Gasteiger partial charge < -0.3 is 0 Å². The second kappa shape index (κ2) is 5.21. The van der Waals surface area contributed by atoms with Crippen LogP contribution in [-0.4, -0.2) is 25.9 Å². The van der Waals surface area contributed by atoms with Crippen LogP contribution in [0.4, 0.5) is 5.69 Å². The molecular weight excluding hydrogens is 451 g/mol. The third-order valence-corrected chi connectivity index (χ3v) is 9.46. The summed E-state index contributed by atoms with van der Waals surface area (Å²) in [7, 11) is 0. The van der Waals surface area contributed by atoms with Crippen molar-refractivity contribution in [3.05, 3.63) is 39.9 Å². The summed E-state index contributed by atoms with van der Waals surface area (Å²) in [6, 6.07) is 6.91. The van der Waals surface area contributed by atoms with E-state index in [1.54, 1.807) is 24.3 Å². The van der Waals surface area contributed by atoms with E-state index in [1.807, 2.05) is 6.92 Å². The lowest BCUT2D eigenvalue weighted by molar-refractivity contribution is -0.123. The van der Waals surface area contributed by atoms with Gasteiger partial charge in [-0.15, -0.1) is 23.2 Å². The van der Waals surface area contributed by atoms with Crippen LogP contribution >= 0.6 is 69.6 Å². The molecule has 132 valence electrons.